The average Bonchev–Trinajstić information content (AvgIpc) is 2.55. The molecule has 1 amide bonds. The molecule has 2 aliphatic heterocycles. The summed E-state index contributed by atoms with van der Waals surface area (Å²) in [6, 6.07) is 9.80. The number of hydrogen-bond acceptors (Lipinski definition) is 2. The van der Waals surface area contributed by atoms with Crippen LogP contribution in [0, 0.1) is 5.92 Å². The smallest absolute Gasteiger partial charge is 0.405 e. The van der Waals surface area contributed by atoms with Gasteiger partial charge in [-0.3, -0.25) is 4.90 Å². The van der Waals surface area contributed by atoms with E-state index in [4.69, 9.17) is 0 Å². The molecule has 118 valence electrons. The third-order valence-corrected chi connectivity index (χ3v) is 5.37. The topological polar surface area (TPSA) is 52.6 Å². The molecule has 1 saturated carbocycles. The number of benzene rings is 1. The maximum absolute atomic E-state index is 11.4. The first kappa shape index (κ1) is 15.1. The van der Waals surface area contributed by atoms with E-state index in [0.29, 0.717) is 0 Å². The van der Waals surface area contributed by atoms with Crippen LogP contribution in [-0.2, 0) is 0 Å². The second-order valence-electron chi connectivity index (χ2n) is 6.53. The van der Waals surface area contributed by atoms with Crippen LogP contribution in [0.2, 0.25) is 0 Å². The second-order valence-corrected chi connectivity index (χ2v) is 6.53. The summed E-state index contributed by atoms with van der Waals surface area (Å²) < 4.78 is 0. The number of piperidine rings is 2. The van der Waals surface area contributed by atoms with E-state index < -0.39 is 6.09 Å². The van der Waals surface area contributed by atoms with Crippen molar-refractivity contribution in [3.8, 4) is 0 Å². The summed E-state index contributed by atoms with van der Waals surface area (Å²) in [6.45, 7) is 5.76. The highest BCUT2D eigenvalue weighted by Crippen LogP contribution is 2.49. The Kier molecular flexibility index (Phi) is 4.21. The largest absolute Gasteiger partial charge is 0.465 e. The van der Waals surface area contributed by atoms with Gasteiger partial charge in [-0.2, -0.15) is 0 Å². The molecule has 1 aromatic carbocycles. The molecule has 1 atom stereocenters. The van der Waals surface area contributed by atoms with Gasteiger partial charge in [-0.1, -0.05) is 36.4 Å². The first-order valence-corrected chi connectivity index (χ1v) is 8.06. The van der Waals surface area contributed by atoms with E-state index in [1.54, 1.807) is 0 Å². The molecule has 1 unspecified atom stereocenters. The molecule has 22 heavy (non-hydrogen) atoms. The normalized spacial score (nSPS) is 29.0. The van der Waals surface area contributed by atoms with Crippen molar-refractivity contribution in [3.05, 3.63) is 48.6 Å². The highest BCUT2D eigenvalue weighted by atomic mass is 16.4. The summed E-state index contributed by atoms with van der Waals surface area (Å²) in [7, 11) is 0. The van der Waals surface area contributed by atoms with E-state index in [1.165, 1.54) is 12.8 Å². The number of carboxylic acid groups (broad SMARTS) is 1. The minimum Gasteiger partial charge on any atom is -0.465 e. The Bertz CT molecular complexity index is 535. The molecular weight excluding hydrogens is 276 g/mol. The Hall–Kier alpha value is -1.81. The number of carbonyl (C=O) groups is 1. The highest BCUT2D eigenvalue weighted by Gasteiger charge is 2.51. The van der Waals surface area contributed by atoms with Crippen LogP contribution >= 0.6 is 0 Å². The van der Waals surface area contributed by atoms with E-state index in [9.17, 15) is 9.90 Å². The van der Waals surface area contributed by atoms with Crippen molar-refractivity contribution in [1.29, 1.82) is 0 Å². The zero-order valence-corrected chi connectivity index (χ0v) is 12.9. The number of rotatable bonds is 5. The Morgan fingerprint density at radius 1 is 1.41 bits per heavy atom. The van der Waals surface area contributed by atoms with E-state index in [0.717, 1.165) is 37.4 Å². The van der Waals surface area contributed by atoms with E-state index in [1.807, 2.05) is 36.4 Å². The Labute approximate surface area is 131 Å². The van der Waals surface area contributed by atoms with Crippen molar-refractivity contribution < 1.29 is 9.90 Å². The maximum Gasteiger partial charge on any atom is 0.405 e. The average molecular weight is 300 g/mol. The van der Waals surface area contributed by atoms with Gasteiger partial charge in [0.2, 0.25) is 0 Å². The van der Waals surface area contributed by atoms with Gasteiger partial charge in [0.05, 0.1) is 6.04 Å². The summed E-state index contributed by atoms with van der Waals surface area (Å²) in [5.41, 5.74) is 0.933. The number of nitrogens with zero attached hydrogens (tertiary/aromatic N) is 1. The fraction of sp³-hybridized carbons (Fsp3) is 0.500. The molecule has 1 aliphatic carbocycles. The fourth-order valence-electron chi connectivity index (χ4n) is 4.35. The van der Waals surface area contributed by atoms with Gasteiger partial charge in [-0.25, -0.2) is 4.79 Å². The van der Waals surface area contributed by atoms with E-state index in [-0.39, 0.29) is 11.6 Å². The van der Waals surface area contributed by atoms with Crippen LogP contribution in [-0.4, -0.2) is 34.7 Å². The van der Waals surface area contributed by atoms with Crippen molar-refractivity contribution in [2.45, 2.75) is 37.3 Å². The van der Waals surface area contributed by atoms with Crippen molar-refractivity contribution in [2.24, 2.45) is 5.92 Å². The van der Waals surface area contributed by atoms with Gasteiger partial charge in [0.15, 0.2) is 0 Å². The van der Waals surface area contributed by atoms with Gasteiger partial charge < -0.3 is 10.4 Å². The van der Waals surface area contributed by atoms with Crippen LogP contribution in [0.1, 0.15) is 37.3 Å². The van der Waals surface area contributed by atoms with E-state index in [2.05, 4.69) is 16.8 Å². The lowest BCUT2D eigenvalue weighted by molar-refractivity contribution is -0.0507. The van der Waals surface area contributed by atoms with Crippen LogP contribution < -0.4 is 5.32 Å². The predicted molar refractivity (Wildman–Crippen MR) is 86.8 cm³/mol. The highest BCUT2D eigenvalue weighted by molar-refractivity contribution is 5.65. The van der Waals surface area contributed by atoms with Gasteiger partial charge in [0, 0.05) is 18.6 Å². The molecular formula is C18H24N2O2. The molecule has 2 bridgehead atoms. The summed E-state index contributed by atoms with van der Waals surface area (Å²) in [5.74, 6) is 0.753. The second kappa shape index (κ2) is 6.13. The Morgan fingerprint density at radius 3 is 2.68 bits per heavy atom. The Morgan fingerprint density at radius 2 is 2.09 bits per heavy atom. The van der Waals surface area contributed by atoms with Crippen molar-refractivity contribution >= 4 is 6.09 Å². The minimum atomic E-state index is -0.950. The third-order valence-electron chi connectivity index (χ3n) is 5.37. The molecule has 2 N–H and O–H groups in total. The molecule has 3 fully saturated rings. The zero-order valence-electron chi connectivity index (χ0n) is 12.9. The molecule has 0 radical (unpaired) electrons. The SMILES string of the molecule is C=CCN1CC2CCC1(C(NC(=O)O)c1ccccc1)CC2. The molecule has 0 spiro atoms. The number of nitrogens with one attached hydrogen (secondary N) is 1. The van der Waals surface area contributed by atoms with E-state index >= 15 is 0 Å². The van der Waals surface area contributed by atoms with Crippen LogP contribution in [0.25, 0.3) is 0 Å². The van der Waals surface area contributed by atoms with Gasteiger partial charge in [-0.15, -0.1) is 6.58 Å². The molecule has 3 aliphatic rings. The number of fused-ring (bicyclic) bond motifs is 3. The lowest BCUT2D eigenvalue weighted by Gasteiger charge is -2.57. The lowest BCUT2D eigenvalue weighted by Crippen LogP contribution is -2.64. The van der Waals surface area contributed by atoms with Crippen LogP contribution in [0.3, 0.4) is 0 Å². The maximum atomic E-state index is 11.4. The predicted octanol–water partition coefficient (Wildman–Crippen LogP) is 3.43. The fourth-order valence-corrected chi connectivity index (χ4v) is 4.35. The summed E-state index contributed by atoms with van der Waals surface area (Å²) in [5, 5.41) is 12.2. The molecule has 1 aromatic rings. The number of amides is 1. The molecule has 4 nitrogen and oxygen atoms in total. The first-order valence-electron chi connectivity index (χ1n) is 8.06. The summed E-state index contributed by atoms with van der Waals surface area (Å²) >= 11 is 0. The minimum absolute atomic E-state index is 0.122. The van der Waals surface area contributed by atoms with Crippen molar-refractivity contribution in [2.75, 3.05) is 13.1 Å². The monoisotopic (exact) mass is 300 g/mol. The summed E-state index contributed by atoms with van der Waals surface area (Å²) in [6.07, 6.45) is 5.47. The van der Waals surface area contributed by atoms with Crippen LogP contribution in [0.15, 0.2) is 43.0 Å². The molecule has 0 aromatic heterocycles. The quantitative estimate of drug-likeness (QED) is 0.819. The summed E-state index contributed by atoms with van der Waals surface area (Å²) in [4.78, 5) is 13.9. The van der Waals surface area contributed by atoms with Crippen LogP contribution in [0.5, 0.6) is 0 Å². The van der Waals surface area contributed by atoms with Gasteiger partial charge in [0.25, 0.3) is 0 Å². The van der Waals surface area contributed by atoms with Gasteiger partial charge in [0.1, 0.15) is 0 Å². The van der Waals surface area contributed by atoms with Crippen LogP contribution in [0.4, 0.5) is 4.79 Å². The van der Waals surface area contributed by atoms with Gasteiger partial charge >= 0.3 is 6.09 Å². The van der Waals surface area contributed by atoms with Crippen molar-refractivity contribution in [1.82, 2.24) is 10.2 Å². The Balaban J connectivity index is 1.99. The zero-order chi connectivity index (χ0) is 15.6. The first-order chi connectivity index (χ1) is 10.7. The molecule has 2 heterocycles. The standard InChI is InChI=1S/C18H24N2O2/c1-2-12-20-13-14-8-10-18(20,11-9-14)16(19-17(21)22)15-6-4-3-5-7-15/h2-7,14,16,19H,1,8-13H2,(H,21,22). The molecule has 4 heteroatoms. The molecule has 4 rings (SSSR count). The third kappa shape index (κ3) is 2.63. The number of hydrogen-bond donors (Lipinski definition) is 2. The van der Waals surface area contributed by atoms with Gasteiger partial charge in [-0.05, 0) is 37.2 Å². The lowest BCUT2D eigenvalue weighted by atomic mass is 9.65. The molecule has 2 saturated heterocycles. The van der Waals surface area contributed by atoms with Crippen molar-refractivity contribution in [3.63, 3.8) is 0 Å².